The summed E-state index contributed by atoms with van der Waals surface area (Å²) in [7, 11) is 4.18. The number of ketones is 1. The van der Waals surface area contributed by atoms with Gasteiger partial charge in [-0.05, 0) is 40.2 Å². The van der Waals surface area contributed by atoms with Crippen LogP contribution in [0.4, 0.5) is 0 Å². The second kappa shape index (κ2) is 7.80. The molecule has 1 fully saturated rings. The summed E-state index contributed by atoms with van der Waals surface area (Å²) in [5, 5.41) is 0. The summed E-state index contributed by atoms with van der Waals surface area (Å²) >= 11 is 0. The Kier molecular flexibility index (Phi) is 6.70. The number of hydrogen-bond acceptors (Lipinski definition) is 4. The fraction of sp³-hybridized carbons (Fsp3) is 0.923. The fourth-order valence-corrected chi connectivity index (χ4v) is 2.15. The zero-order valence-electron chi connectivity index (χ0n) is 11.4. The Hall–Kier alpha value is -0.450. The third-order valence-corrected chi connectivity index (χ3v) is 3.27. The Morgan fingerprint density at radius 2 is 2.12 bits per heavy atom. The first-order chi connectivity index (χ1) is 8.13. The van der Waals surface area contributed by atoms with Crippen molar-refractivity contribution < 1.29 is 9.53 Å². The Balaban J connectivity index is 2.27. The van der Waals surface area contributed by atoms with Gasteiger partial charge in [0.1, 0.15) is 5.78 Å². The number of carbonyl (C=O) groups is 1. The van der Waals surface area contributed by atoms with Gasteiger partial charge < -0.3 is 14.5 Å². The van der Waals surface area contributed by atoms with E-state index in [9.17, 15) is 4.79 Å². The lowest BCUT2D eigenvalue weighted by Gasteiger charge is -2.28. The minimum absolute atomic E-state index is 0.100. The molecule has 17 heavy (non-hydrogen) atoms. The molecule has 1 atom stereocenters. The lowest BCUT2D eigenvalue weighted by Crippen LogP contribution is -2.39. The predicted octanol–water partition coefficient (Wildman–Crippen LogP) is 0.866. The van der Waals surface area contributed by atoms with Gasteiger partial charge in [-0.2, -0.15) is 0 Å². The average Bonchev–Trinajstić information content (AvgIpc) is 2.30. The Morgan fingerprint density at radius 1 is 1.35 bits per heavy atom. The molecular formula is C13H26N2O2. The molecule has 0 spiro atoms. The molecule has 0 aromatic rings. The highest BCUT2D eigenvalue weighted by atomic mass is 16.5. The van der Waals surface area contributed by atoms with Gasteiger partial charge in [0.25, 0.3) is 0 Å². The lowest BCUT2D eigenvalue weighted by molar-refractivity contribution is -0.131. The summed E-state index contributed by atoms with van der Waals surface area (Å²) in [6, 6.07) is 0. The second-order valence-electron chi connectivity index (χ2n) is 5.04. The number of Topliss-reactive ketones (excluding diaryl/α,β-unsaturated/α-hetero) is 1. The molecule has 0 bridgehead atoms. The van der Waals surface area contributed by atoms with E-state index < -0.39 is 0 Å². The molecule has 0 N–H and O–H groups in total. The van der Waals surface area contributed by atoms with Gasteiger partial charge in [0.05, 0.1) is 19.1 Å². The quantitative estimate of drug-likeness (QED) is 0.663. The van der Waals surface area contributed by atoms with Crippen molar-refractivity contribution in [2.24, 2.45) is 5.92 Å². The van der Waals surface area contributed by atoms with Crippen molar-refractivity contribution in [3.05, 3.63) is 0 Å². The number of rotatable bonds is 7. The summed E-state index contributed by atoms with van der Waals surface area (Å²) in [5.41, 5.74) is 0. The van der Waals surface area contributed by atoms with Gasteiger partial charge in [-0.1, -0.05) is 6.92 Å². The van der Waals surface area contributed by atoms with E-state index >= 15 is 0 Å². The first-order valence-electron chi connectivity index (χ1n) is 6.61. The third-order valence-electron chi connectivity index (χ3n) is 3.27. The van der Waals surface area contributed by atoms with Crippen LogP contribution in [0.5, 0.6) is 0 Å². The van der Waals surface area contributed by atoms with Gasteiger partial charge in [0.2, 0.25) is 0 Å². The minimum Gasteiger partial charge on any atom is -0.380 e. The van der Waals surface area contributed by atoms with Crippen molar-refractivity contribution in [2.75, 3.05) is 53.5 Å². The topological polar surface area (TPSA) is 32.8 Å². The van der Waals surface area contributed by atoms with Gasteiger partial charge >= 0.3 is 0 Å². The zero-order valence-corrected chi connectivity index (χ0v) is 11.4. The predicted molar refractivity (Wildman–Crippen MR) is 69.2 cm³/mol. The van der Waals surface area contributed by atoms with Crippen molar-refractivity contribution in [3.8, 4) is 0 Å². The third kappa shape index (κ3) is 5.61. The fourth-order valence-electron chi connectivity index (χ4n) is 2.15. The lowest BCUT2D eigenvalue weighted by atomic mass is 10.00. The van der Waals surface area contributed by atoms with Crippen LogP contribution in [0.2, 0.25) is 0 Å². The molecule has 0 aliphatic carbocycles. The van der Waals surface area contributed by atoms with E-state index in [2.05, 4.69) is 30.8 Å². The molecule has 1 aliphatic heterocycles. The molecule has 4 nitrogen and oxygen atoms in total. The van der Waals surface area contributed by atoms with Crippen LogP contribution in [0.15, 0.2) is 0 Å². The van der Waals surface area contributed by atoms with Crippen molar-refractivity contribution in [1.82, 2.24) is 9.80 Å². The summed E-state index contributed by atoms with van der Waals surface area (Å²) in [6.45, 7) is 7.43. The zero-order chi connectivity index (χ0) is 12.7. The van der Waals surface area contributed by atoms with E-state index in [0.29, 0.717) is 25.4 Å². The molecule has 0 amide bonds. The average molecular weight is 242 g/mol. The normalized spacial score (nSPS) is 21.5. The molecule has 100 valence electrons. The van der Waals surface area contributed by atoms with E-state index in [4.69, 9.17) is 4.74 Å². The van der Waals surface area contributed by atoms with Gasteiger partial charge in [0.15, 0.2) is 0 Å². The van der Waals surface area contributed by atoms with Crippen LogP contribution in [-0.2, 0) is 9.53 Å². The van der Waals surface area contributed by atoms with Gasteiger partial charge in [-0.25, -0.2) is 0 Å². The van der Waals surface area contributed by atoms with Crippen LogP contribution >= 0.6 is 0 Å². The van der Waals surface area contributed by atoms with Crippen LogP contribution in [0, 0.1) is 5.92 Å². The molecule has 4 heteroatoms. The maximum absolute atomic E-state index is 11.7. The van der Waals surface area contributed by atoms with E-state index in [1.54, 1.807) is 0 Å². The van der Waals surface area contributed by atoms with Crippen LogP contribution in [0.25, 0.3) is 0 Å². The summed E-state index contributed by atoms with van der Waals surface area (Å²) in [4.78, 5) is 16.3. The van der Waals surface area contributed by atoms with E-state index in [1.165, 1.54) is 0 Å². The molecule has 1 heterocycles. The van der Waals surface area contributed by atoms with Crippen molar-refractivity contribution in [2.45, 2.75) is 19.8 Å². The maximum atomic E-state index is 11.7. The van der Waals surface area contributed by atoms with E-state index in [1.807, 2.05) is 0 Å². The van der Waals surface area contributed by atoms with Crippen molar-refractivity contribution in [3.63, 3.8) is 0 Å². The SMILES string of the molecule is CCN(CCCN(C)C)CC1COCCC1=O. The highest BCUT2D eigenvalue weighted by Crippen LogP contribution is 2.11. The number of nitrogens with zero attached hydrogens (tertiary/aromatic N) is 2. The standard InChI is InChI=1S/C13H26N2O2/c1-4-15(8-5-7-14(2)3)10-12-11-17-9-6-13(12)16/h12H,4-11H2,1-3H3. The van der Waals surface area contributed by atoms with Gasteiger partial charge in [-0.3, -0.25) is 4.79 Å². The van der Waals surface area contributed by atoms with Gasteiger partial charge in [-0.15, -0.1) is 0 Å². The van der Waals surface area contributed by atoms with Crippen molar-refractivity contribution in [1.29, 1.82) is 0 Å². The molecule has 0 saturated carbocycles. The highest BCUT2D eigenvalue weighted by molar-refractivity contribution is 5.82. The Labute approximate surface area is 105 Å². The maximum Gasteiger partial charge on any atom is 0.141 e. The minimum atomic E-state index is 0.100. The second-order valence-corrected chi connectivity index (χ2v) is 5.04. The molecule has 1 saturated heterocycles. The van der Waals surface area contributed by atoms with Crippen LogP contribution in [-0.4, -0.2) is 69.1 Å². The smallest absolute Gasteiger partial charge is 0.141 e. The monoisotopic (exact) mass is 242 g/mol. The summed E-state index contributed by atoms with van der Waals surface area (Å²) in [6.07, 6.45) is 1.75. The number of carbonyl (C=O) groups excluding carboxylic acids is 1. The molecule has 0 radical (unpaired) electrons. The van der Waals surface area contributed by atoms with E-state index in [0.717, 1.165) is 32.6 Å². The van der Waals surface area contributed by atoms with Crippen molar-refractivity contribution >= 4 is 5.78 Å². The first kappa shape index (κ1) is 14.6. The largest absolute Gasteiger partial charge is 0.380 e. The summed E-state index contributed by atoms with van der Waals surface area (Å²) in [5.74, 6) is 0.477. The number of hydrogen-bond donors (Lipinski definition) is 0. The molecule has 1 aliphatic rings. The Bertz CT molecular complexity index is 231. The molecule has 1 unspecified atom stereocenters. The summed E-state index contributed by atoms with van der Waals surface area (Å²) < 4.78 is 5.38. The highest BCUT2D eigenvalue weighted by Gasteiger charge is 2.24. The molecule has 0 aromatic carbocycles. The molecular weight excluding hydrogens is 216 g/mol. The van der Waals surface area contributed by atoms with Crippen LogP contribution in [0.3, 0.4) is 0 Å². The first-order valence-corrected chi connectivity index (χ1v) is 6.61. The number of ether oxygens (including phenoxy) is 1. The van der Waals surface area contributed by atoms with E-state index in [-0.39, 0.29) is 5.92 Å². The molecule has 1 rings (SSSR count). The molecule has 0 aromatic heterocycles. The van der Waals surface area contributed by atoms with Crippen LogP contribution in [0.1, 0.15) is 19.8 Å². The van der Waals surface area contributed by atoms with Gasteiger partial charge in [0, 0.05) is 13.0 Å². The van der Waals surface area contributed by atoms with Crippen LogP contribution < -0.4 is 0 Å². The Morgan fingerprint density at radius 3 is 2.71 bits per heavy atom.